The molecule has 1 saturated heterocycles. The van der Waals surface area contributed by atoms with E-state index in [1.807, 2.05) is 5.01 Å². The van der Waals surface area contributed by atoms with Crippen LogP contribution in [-0.4, -0.2) is 41.2 Å². The van der Waals surface area contributed by atoms with E-state index in [9.17, 15) is 9.59 Å². The second-order valence-corrected chi connectivity index (χ2v) is 4.47. The molecule has 0 spiro atoms. The lowest BCUT2D eigenvalue weighted by Gasteiger charge is -2.27. The minimum absolute atomic E-state index is 0.0746. The Morgan fingerprint density at radius 2 is 1.94 bits per heavy atom. The van der Waals surface area contributed by atoms with Crippen LogP contribution < -0.4 is 10.7 Å². The van der Waals surface area contributed by atoms with Gasteiger partial charge in [-0.2, -0.15) is 0 Å². The van der Waals surface area contributed by atoms with E-state index in [2.05, 4.69) is 10.7 Å². The zero-order valence-corrected chi connectivity index (χ0v) is 10.2. The third-order valence-electron chi connectivity index (χ3n) is 2.78. The first-order valence-electron chi connectivity index (χ1n) is 6.12. The van der Waals surface area contributed by atoms with E-state index in [-0.39, 0.29) is 18.5 Å². The van der Waals surface area contributed by atoms with Crippen molar-refractivity contribution < 1.29 is 14.7 Å². The van der Waals surface area contributed by atoms with Crippen LogP contribution in [0.1, 0.15) is 39.0 Å². The second kappa shape index (κ2) is 7.11. The van der Waals surface area contributed by atoms with E-state index in [0.717, 1.165) is 25.9 Å². The number of carbonyl (C=O) groups is 2. The van der Waals surface area contributed by atoms with Gasteiger partial charge in [-0.25, -0.2) is 9.80 Å². The first-order valence-corrected chi connectivity index (χ1v) is 6.12. The van der Waals surface area contributed by atoms with E-state index in [1.54, 1.807) is 6.92 Å². The second-order valence-electron chi connectivity index (χ2n) is 4.47. The molecule has 0 aromatic carbocycles. The van der Waals surface area contributed by atoms with Crippen molar-refractivity contribution in [2.75, 3.05) is 13.1 Å². The van der Waals surface area contributed by atoms with Crippen molar-refractivity contribution in [1.82, 2.24) is 15.8 Å². The Labute approximate surface area is 101 Å². The van der Waals surface area contributed by atoms with Gasteiger partial charge in [-0.1, -0.05) is 6.42 Å². The molecule has 0 aromatic rings. The molecule has 1 fully saturated rings. The van der Waals surface area contributed by atoms with Crippen molar-refractivity contribution in [3.63, 3.8) is 0 Å². The van der Waals surface area contributed by atoms with Crippen LogP contribution in [0.5, 0.6) is 0 Å². The minimum atomic E-state index is -0.838. The fourth-order valence-corrected chi connectivity index (χ4v) is 1.82. The van der Waals surface area contributed by atoms with Gasteiger partial charge in [-0.3, -0.25) is 10.2 Å². The molecular formula is C11H21N3O3. The average molecular weight is 243 g/mol. The van der Waals surface area contributed by atoms with Crippen molar-refractivity contribution >= 4 is 12.0 Å². The smallest absolute Gasteiger partial charge is 0.329 e. The summed E-state index contributed by atoms with van der Waals surface area (Å²) in [6.07, 6.45) is 3.95. The zero-order chi connectivity index (χ0) is 12.7. The molecule has 1 heterocycles. The Hall–Kier alpha value is -1.30. The number of hydrogen-bond acceptors (Lipinski definition) is 3. The highest BCUT2D eigenvalue weighted by Gasteiger charge is 2.14. The van der Waals surface area contributed by atoms with Crippen LogP contribution in [-0.2, 0) is 4.79 Å². The highest BCUT2D eigenvalue weighted by Crippen LogP contribution is 2.05. The van der Waals surface area contributed by atoms with Crippen molar-refractivity contribution in [3.05, 3.63) is 0 Å². The van der Waals surface area contributed by atoms with Crippen molar-refractivity contribution in [2.24, 2.45) is 0 Å². The summed E-state index contributed by atoms with van der Waals surface area (Å²) in [5.41, 5.74) is 2.77. The van der Waals surface area contributed by atoms with Gasteiger partial charge in [0.05, 0.1) is 0 Å². The highest BCUT2D eigenvalue weighted by molar-refractivity contribution is 5.73. The molecule has 1 rings (SSSR count). The van der Waals surface area contributed by atoms with Gasteiger partial charge in [0, 0.05) is 25.6 Å². The highest BCUT2D eigenvalue weighted by atomic mass is 16.4. The molecule has 1 aliphatic heterocycles. The van der Waals surface area contributed by atoms with Crippen LogP contribution in [0.15, 0.2) is 0 Å². The molecule has 1 aliphatic rings. The molecular weight excluding hydrogens is 222 g/mol. The molecule has 6 nitrogen and oxygen atoms in total. The molecule has 0 radical (unpaired) electrons. The molecule has 1 atom stereocenters. The van der Waals surface area contributed by atoms with Gasteiger partial charge in [-0.05, 0) is 26.2 Å². The molecule has 0 aromatic heterocycles. The van der Waals surface area contributed by atoms with E-state index >= 15 is 0 Å². The maximum Gasteiger partial charge on any atom is 0.329 e. The van der Waals surface area contributed by atoms with Crippen molar-refractivity contribution in [3.8, 4) is 0 Å². The summed E-state index contributed by atoms with van der Waals surface area (Å²) >= 11 is 0. The van der Waals surface area contributed by atoms with Gasteiger partial charge in [0.25, 0.3) is 0 Å². The van der Waals surface area contributed by atoms with E-state index in [4.69, 9.17) is 5.11 Å². The summed E-state index contributed by atoms with van der Waals surface area (Å²) in [5, 5.41) is 13.2. The zero-order valence-electron chi connectivity index (χ0n) is 10.2. The number of carboxylic acid groups (broad SMARTS) is 1. The van der Waals surface area contributed by atoms with E-state index < -0.39 is 5.97 Å². The predicted molar refractivity (Wildman–Crippen MR) is 63.4 cm³/mol. The van der Waals surface area contributed by atoms with Crippen LogP contribution in [0.3, 0.4) is 0 Å². The van der Waals surface area contributed by atoms with Crippen LogP contribution in [0, 0.1) is 0 Å². The van der Waals surface area contributed by atoms with E-state index in [1.165, 1.54) is 6.42 Å². The summed E-state index contributed by atoms with van der Waals surface area (Å²) in [4.78, 5) is 21.9. The van der Waals surface area contributed by atoms with Gasteiger partial charge >= 0.3 is 12.0 Å². The van der Waals surface area contributed by atoms with Gasteiger partial charge in [-0.15, -0.1) is 0 Å². The number of carbonyl (C=O) groups excluding carboxylic acids is 1. The fraction of sp³-hybridized carbons (Fsp3) is 0.818. The largest absolute Gasteiger partial charge is 0.481 e. The maximum absolute atomic E-state index is 11.6. The number of nitrogens with one attached hydrogen (secondary N) is 2. The molecule has 17 heavy (non-hydrogen) atoms. The summed E-state index contributed by atoms with van der Waals surface area (Å²) in [6, 6.07) is -0.374. The Bertz CT molecular complexity index is 265. The molecule has 3 N–H and O–H groups in total. The lowest BCUT2D eigenvalue weighted by atomic mass is 10.2. The van der Waals surface area contributed by atoms with Crippen LogP contribution in [0.2, 0.25) is 0 Å². The molecule has 0 saturated carbocycles. The van der Waals surface area contributed by atoms with Crippen LogP contribution in [0.25, 0.3) is 0 Å². The van der Waals surface area contributed by atoms with Gasteiger partial charge in [0.2, 0.25) is 0 Å². The minimum Gasteiger partial charge on any atom is -0.481 e. The lowest BCUT2D eigenvalue weighted by molar-refractivity contribution is -0.137. The van der Waals surface area contributed by atoms with Gasteiger partial charge in [0.15, 0.2) is 0 Å². The molecule has 6 heteroatoms. The summed E-state index contributed by atoms with van der Waals surface area (Å²) < 4.78 is 0. The summed E-state index contributed by atoms with van der Waals surface area (Å²) in [5.74, 6) is -0.838. The number of hydrogen-bond donors (Lipinski definition) is 3. The normalized spacial score (nSPS) is 18.4. The quantitative estimate of drug-likeness (QED) is 0.671. The molecule has 98 valence electrons. The predicted octanol–water partition coefficient (Wildman–Crippen LogP) is 0.940. The Balaban J connectivity index is 2.16. The van der Waals surface area contributed by atoms with Gasteiger partial charge < -0.3 is 10.4 Å². The maximum atomic E-state index is 11.6. The number of rotatable bonds is 5. The third kappa shape index (κ3) is 6.11. The summed E-state index contributed by atoms with van der Waals surface area (Å²) in [6.45, 7) is 3.58. The number of carboxylic acids is 1. The van der Waals surface area contributed by atoms with Crippen LogP contribution in [0.4, 0.5) is 4.79 Å². The van der Waals surface area contributed by atoms with Crippen molar-refractivity contribution in [2.45, 2.75) is 45.1 Å². The van der Waals surface area contributed by atoms with Crippen molar-refractivity contribution in [1.29, 1.82) is 0 Å². The Kier molecular flexibility index (Phi) is 5.76. The first kappa shape index (κ1) is 13.8. The fourth-order valence-electron chi connectivity index (χ4n) is 1.82. The summed E-state index contributed by atoms with van der Waals surface area (Å²) in [7, 11) is 0. The van der Waals surface area contributed by atoms with Gasteiger partial charge in [0.1, 0.15) is 0 Å². The first-order chi connectivity index (χ1) is 8.08. The SMILES string of the molecule is CC(CCC(=O)O)NC(=O)NN1CCCCC1. The number of nitrogens with zero attached hydrogens (tertiary/aromatic N) is 1. The van der Waals surface area contributed by atoms with Crippen LogP contribution >= 0.6 is 0 Å². The Morgan fingerprint density at radius 3 is 2.53 bits per heavy atom. The number of aliphatic carboxylic acids is 1. The van der Waals surface area contributed by atoms with E-state index in [0.29, 0.717) is 6.42 Å². The average Bonchev–Trinajstić information content (AvgIpc) is 2.27. The molecule has 0 aliphatic carbocycles. The molecule has 1 unspecified atom stereocenters. The topological polar surface area (TPSA) is 81.7 Å². The molecule has 0 bridgehead atoms. The number of piperidine rings is 1. The third-order valence-corrected chi connectivity index (χ3v) is 2.78. The number of amides is 2. The Morgan fingerprint density at radius 1 is 1.29 bits per heavy atom. The lowest BCUT2D eigenvalue weighted by Crippen LogP contribution is -2.51. The monoisotopic (exact) mass is 243 g/mol. The molecule has 2 amide bonds. The standard InChI is InChI=1S/C11H21N3O3/c1-9(5-6-10(15)16)12-11(17)13-14-7-3-2-4-8-14/h9H,2-8H2,1H3,(H,15,16)(H2,12,13,17). The number of urea groups is 1. The number of hydrazine groups is 1.